The zero-order chi connectivity index (χ0) is 41.6. The molecule has 0 saturated carbocycles. The Bertz CT molecular complexity index is 3270. The minimum absolute atomic E-state index is 0.00931. The van der Waals surface area contributed by atoms with Crippen molar-refractivity contribution in [3.63, 3.8) is 0 Å². The highest BCUT2D eigenvalue weighted by Crippen LogP contribution is 2.38. The topological polar surface area (TPSA) is 38.7 Å². The summed E-state index contributed by atoms with van der Waals surface area (Å²) in [6, 6.07) is 59.9. The maximum absolute atomic E-state index is 8.85. The van der Waals surface area contributed by atoms with Crippen LogP contribution in [-0.2, 0) is 0 Å². The second-order valence-electron chi connectivity index (χ2n) is 13.6. The maximum atomic E-state index is 8.85. The van der Waals surface area contributed by atoms with Crippen molar-refractivity contribution < 1.29 is 6.85 Å². The summed E-state index contributed by atoms with van der Waals surface area (Å²) in [4.78, 5) is 14.8. The Kier molecular flexibility index (Phi) is 7.20. The molecule has 10 aromatic rings. The fourth-order valence-corrected chi connectivity index (χ4v) is 7.49. The summed E-state index contributed by atoms with van der Waals surface area (Å²) in [6.07, 6.45) is 0. The number of fused-ring (bicyclic) bond motifs is 2. The summed E-state index contributed by atoms with van der Waals surface area (Å²) in [7, 11) is 0. The van der Waals surface area contributed by atoms with Crippen LogP contribution in [0.15, 0.2) is 212 Å². The van der Waals surface area contributed by atoms with Gasteiger partial charge in [-0.1, -0.05) is 200 Å². The molecular formula is C53H35N3. The van der Waals surface area contributed by atoms with E-state index >= 15 is 0 Å². The van der Waals surface area contributed by atoms with Crippen LogP contribution >= 0.6 is 0 Å². The lowest BCUT2D eigenvalue weighted by Crippen LogP contribution is -2.00. The highest BCUT2D eigenvalue weighted by atomic mass is 15.0. The number of hydrogen-bond acceptors (Lipinski definition) is 3. The Morgan fingerprint density at radius 3 is 1.45 bits per heavy atom. The Hall–Kier alpha value is -7.49. The molecule has 0 aliphatic rings. The van der Waals surface area contributed by atoms with Crippen LogP contribution < -0.4 is 0 Å². The first kappa shape index (κ1) is 28.0. The summed E-state index contributed by atoms with van der Waals surface area (Å²) in [6.45, 7) is 0. The number of hydrogen-bond donors (Lipinski definition) is 0. The Morgan fingerprint density at radius 2 is 0.750 bits per heavy atom. The molecule has 1 heterocycles. The summed E-state index contributed by atoms with van der Waals surface area (Å²) in [5, 5.41) is 4.25. The molecule has 10 rings (SSSR count). The van der Waals surface area contributed by atoms with E-state index in [0.717, 1.165) is 66.1 Å². The van der Waals surface area contributed by atoms with Gasteiger partial charge in [0.15, 0.2) is 17.5 Å². The lowest BCUT2D eigenvalue weighted by Gasteiger charge is -2.14. The molecule has 0 aliphatic heterocycles. The molecule has 0 radical (unpaired) electrons. The van der Waals surface area contributed by atoms with E-state index in [0.29, 0.717) is 22.8 Å². The van der Waals surface area contributed by atoms with E-state index in [-0.39, 0.29) is 23.5 Å². The van der Waals surface area contributed by atoms with Crippen LogP contribution in [0.2, 0.25) is 0 Å². The van der Waals surface area contributed by atoms with Gasteiger partial charge in [-0.15, -0.1) is 0 Å². The molecule has 0 aliphatic carbocycles. The first-order chi connectivity index (χ1) is 29.8. The number of nitrogens with zero attached hydrogens (tertiary/aromatic N) is 3. The molecular weight excluding hydrogens is 679 g/mol. The number of aromatic nitrogens is 3. The summed E-state index contributed by atoms with van der Waals surface area (Å²) >= 11 is 0. The van der Waals surface area contributed by atoms with E-state index in [1.807, 2.05) is 78.9 Å². The van der Waals surface area contributed by atoms with Gasteiger partial charge in [-0.25, -0.2) is 15.0 Å². The lowest BCUT2D eigenvalue weighted by atomic mass is 9.91. The molecule has 0 unspecified atom stereocenters. The molecule has 3 nitrogen and oxygen atoms in total. The van der Waals surface area contributed by atoms with Gasteiger partial charge in [-0.05, 0) is 78.2 Å². The zero-order valence-electron chi connectivity index (χ0n) is 35.2. The van der Waals surface area contributed by atoms with Crippen LogP contribution in [0.25, 0.3) is 100 Å². The molecule has 0 bridgehead atoms. The molecule has 56 heavy (non-hydrogen) atoms. The third-order valence-corrected chi connectivity index (χ3v) is 10.2. The fraction of sp³-hybridized carbons (Fsp3) is 0. The molecule has 9 aromatic carbocycles. The van der Waals surface area contributed by atoms with E-state index in [9.17, 15) is 0 Å². The van der Waals surface area contributed by atoms with Crippen molar-refractivity contribution in [3.05, 3.63) is 212 Å². The quantitative estimate of drug-likeness (QED) is 0.165. The molecule has 3 heteroatoms. The lowest BCUT2D eigenvalue weighted by molar-refractivity contribution is 1.07. The summed E-state index contributed by atoms with van der Waals surface area (Å²) < 4.78 is 42.9. The first-order valence-electron chi connectivity index (χ1n) is 21.0. The van der Waals surface area contributed by atoms with Gasteiger partial charge in [-0.3, -0.25) is 0 Å². The van der Waals surface area contributed by atoms with Crippen LogP contribution in [0.5, 0.6) is 0 Å². The largest absolute Gasteiger partial charge is 0.208 e. The van der Waals surface area contributed by atoms with E-state index in [2.05, 4.69) is 103 Å². The molecule has 0 spiro atoms. The van der Waals surface area contributed by atoms with Gasteiger partial charge in [-0.2, -0.15) is 0 Å². The van der Waals surface area contributed by atoms with Crippen molar-refractivity contribution >= 4 is 21.5 Å². The minimum atomic E-state index is -0.481. The summed E-state index contributed by atoms with van der Waals surface area (Å²) in [5.41, 5.74) is 9.93. The van der Waals surface area contributed by atoms with Crippen molar-refractivity contribution in [3.8, 4) is 78.7 Å². The van der Waals surface area contributed by atoms with Crippen LogP contribution in [0, 0.1) is 0 Å². The molecule has 0 saturated heterocycles. The van der Waals surface area contributed by atoms with Gasteiger partial charge in [0.2, 0.25) is 0 Å². The molecule has 0 atom stereocenters. The summed E-state index contributed by atoms with van der Waals surface area (Å²) in [5.74, 6) is 0.611. The van der Waals surface area contributed by atoms with Crippen LogP contribution in [-0.4, -0.2) is 15.0 Å². The smallest absolute Gasteiger partial charge is 0.164 e. The van der Waals surface area contributed by atoms with E-state index < -0.39 is 18.1 Å². The monoisotopic (exact) mass is 718 g/mol. The predicted octanol–water partition coefficient (Wildman–Crippen LogP) is 13.8. The normalized spacial score (nSPS) is 12.5. The first-order valence-corrected chi connectivity index (χ1v) is 18.5. The number of benzene rings is 9. The third-order valence-electron chi connectivity index (χ3n) is 10.2. The fourth-order valence-electron chi connectivity index (χ4n) is 7.49. The van der Waals surface area contributed by atoms with Crippen LogP contribution in [0.1, 0.15) is 6.85 Å². The van der Waals surface area contributed by atoms with E-state index in [4.69, 9.17) is 21.8 Å². The molecule has 1 aromatic heterocycles. The Labute approximate surface area is 333 Å². The third kappa shape index (κ3) is 6.31. The van der Waals surface area contributed by atoms with Crippen molar-refractivity contribution in [2.24, 2.45) is 0 Å². The molecule has 262 valence electrons. The van der Waals surface area contributed by atoms with Gasteiger partial charge in [0.1, 0.15) is 0 Å². The molecule has 0 N–H and O–H groups in total. The van der Waals surface area contributed by atoms with Gasteiger partial charge < -0.3 is 0 Å². The molecule has 0 amide bonds. The highest BCUT2D eigenvalue weighted by molar-refractivity contribution is 6.05. The van der Waals surface area contributed by atoms with Gasteiger partial charge in [0, 0.05) is 16.7 Å². The van der Waals surface area contributed by atoms with Crippen molar-refractivity contribution in [1.29, 1.82) is 0 Å². The van der Waals surface area contributed by atoms with Crippen molar-refractivity contribution in [1.82, 2.24) is 15.0 Å². The molecule has 0 fully saturated rings. The maximum Gasteiger partial charge on any atom is 0.164 e. The van der Waals surface area contributed by atoms with Crippen LogP contribution in [0.3, 0.4) is 0 Å². The van der Waals surface area contributed by atoms with E-state index in [1.54, 1.807) is 0 Å². The van der Waals surface area contributed by atoms with Gasteiger partial charge in [0.25, 0.3) is 0 Å². The second kappa shape index (κ2) is 14.4. The standard InChI is InChI=1S/C53H35N3/c1-4-14-36(15-5-1)37-26-28-40(29-27-37)45-25-13-20-39-30-31-44(35-50(39)45)53-55-51(41-18-8-3-9-19-41)54-52(56-53)43-22-12-21-42(34-43)47-33-32-46(38-16-6-2-7-17-38)48-23-10-11-24-49(47)48/h1-35H/i3D,8D,9D,18D,19D. The van der Waals surface area contributed by atoms with E-state index in [1.165, 1.54) is 0 Å². The highest BCUT2D eigenvalue weighted by Gasteiger charge is 2.16. The van der Waals surface area contributed by atoms with Crippen LogP contribution in [0.4, 0.5) is 0 Å². The van der Waals surface area contributed by atoms with Gasteiger partial charge >= 0.3 is 0 Å². The number of rotatable bonds is 7. The second-order valence-corrected chi connectivity index (χ2v) is 13.6. The predicted molar refractivity (Wildman–Crippen MR) is 233 cm³/mol. The zero-order valence-corrected chi connectivity index (χ0v) is 30.2. The average molecular weight is 719 g/mol. The Balaban J connectivity index is 1.13. The van der Waals surface area contributed by atoms with Crippen molar-refractivity contribution in [2.45, 2.75) is 0 Å². The minimum Gasteiger partial charge on any atom is -0.208 e. The van der Waals surface area contributed by atoms with Gasteiger partial charge in [0.05, 0.1) is 6.85 Å². The SMILES string of the molecule is [2H]c1c([2H])c([2H])c(-c2nc(-c3cccc(-c4ccc(-c5ccccc5)c5ccccc45)c3)nc(-c3ccc4cccc(-c5ccc(-c6ccccc6)cc5)c4c3)n2)c([2H])c1[2H]. The average Bonchev–Trinajstić information content (AvgIpc) is 3.32. The van der Waals surface area contributed by atoms with Crippen molar-refractivity contribution in [2.75, 3.05) is 0 Å². The Morgan fingerprint density at radius 1 is 0.286 bits per heavy atom.